The predicted octanol–water partition coefficient (Wildman–Crippen LogP) is 7.59. The molecule has 3 aromatic heterocycles. The molecular formula is C28H22ClN3S. The second-order valence-electron chi connectivity index (χ2n) is 8.01. The van der Waals surface area contributed by atoms with E-state index in [1.165, 1.54) is 16.7 Å². The summed E-state index contributed by atoms with van der Waals surface area (Å²) in [6.07, 6.45) is 5.70. The molecule has 1 aromatic carbocycles. The van der Waals surface area contributed by atoms with Gasteiger partial charge >= 0.3 is 0 Å². The number of nitrogens with one attached hydrogen (secondary N) is 1. The number of aryl methyl sites for hydroxylation is 2. The maximum atomic E-state index is 6.33. The molecule has 33 heavy (non-hydrogen) atoms. The van der Waals surface area contributed by atoms with Crippen molar-refractivity contribution >= 4 is 34.4 Å². The van der Waals surface area contributed by atoms with Crippen molar-refractivity contribution in [3.63, 3.8) is 0 Å². The number of benzene rings is 2. The number of aromatic nitrogens is 2. The standard InChI is InChI=1S/C22H18ClN3S.C6H4/c1-4-16-9-10-27-21(16)20-22(24-13-17-7-5-6-8-18(17)23)26-15(3)11-14(2)12-19(26)25-20;1-2-5-4-6(5)3-1/h1,5-12,24H,13H2,2-3H3;1-4H. The molecule has 5 heteroatoms. The van der Waals surface area contributed by atoms with Crippen LogP contribution in [0.5, 0.6) is 0 Å². The minimum atomic E-state index is 0.602. The molecule has 4 aromatic rings. The molecule has 0 saturated carbocycles. The van der Waals surface area contributed by atoms with Crippen LogP contribution in [-0.2, 0) is 6.54 Å². The third-order valence-corrected chi connectivity index (χ3v) is 6.89. The van der Waals surface area contributed by atoms with E-state index in [9.17, 15) is 0 Å². The Morgan fingerprint density at radius 2 is 1.82 bits per heavy atom. The average Bonchev–Trinajstić information content (AvgIpc) is 3.16. The Morgan fingerprint density at radius 1 is 1.03 bits per heavy atom. The molecule has 2 aliphatic carbocycles. The normalized spacial score (nSPS) is 11.0. The fourth-order valence-electron chi connectivity index (χ4n) is 3.95. The summed E-state index contributed by atoms with van der Waals surface area (Å²) in [7, 11) is 0. The van der Waals surface area contributed by atoms with Crippen LogP contribution in [0.4, 0.5) is 5.82 Å². The Bertz CT molecular complexity index is 1500. The Hall–Kier alpha value is -3.52. The van der Waals surface area contributed by atoms with Crippen LogP contribution in [0.15, 0.2) is 72.1 Å². The summed E-state index contributed by atoms with van der Waals surface area (Å²) in [6.45, 7) is 4.77. The zero-order valence-electron chi connectivity index (χ0n) is 18.4. The third kappa shape index (κ3) is 4.26. The maximum Gasteiger partial charge on any atom is 0.140 e. The monoisotopic (exact) mass is 467 g/mol. The van der Waals surface area contributed by atoms with Gasteiger partial charge in [-0.25, -0.2) is 4.98 Å². The first kappa shape index (κ1) is 21.3. The van der Waals surface area contributed by atoms with Crippen LogP contribution in [0, 0.1) is 26.2 Å². The SMILES string of the molecule is C#Cc1ccsc1-c1nc2cc(C)cc(C)n2c1NCc1ccccc1Cl.c1cc2cc-2c1. The highest BCUT2D eigenvalue weighted by molar-refractivity contribution is 7.13. The number of nitrogens with zero attached hydrogens (tertiary/aromatic N) is 2. The number of hydrogen-bond donors (Lipinski definition) is 1. The van der Waals surface area contributed by atoms with Gasteiger partial charge in [0.1, 0.15) is 17.2 Å². The molecule has 0 radical (unpaired) electrons. The molecule has 1 N–H and O–H groups in total. The molecule has 0 fully saturated rings. The lowest BCUT2D eigenvalue weighted by molar-refractivity contribution is 1.04. The highest BCUT2D eigenvalue weighted by Crippen LogP contribution is 2.36. The lowest BCUT2D eigenvalue weighted by Gasteiger charge is -2.12. The van der Waals surface area contributed by atoms with Crippen molar-refractivity contribution in [2.75, 3.05) is 5.32 Å². The Balaban J connectivity index is 0.000000324. The van der Waals surface area contributed by atoms with E-state index < -0.39 is 0 Å². The van der Waals surface area contributed by atoms with E-state index in [0.717, 1.165) is 43.9 Å². The fraction of sp³-hybridized carbons (Fsp3) is 0.107. The number of halogens is 1. The van der Waals surface area contributed by atoms with Gasteiger partial charge in [0.25, 0.3) is 0 Å². The van der Waals surface area contributed by atoms with Crippen molar-refractivity contribution in [3.05, 3.63) is 99.5 Å². The van der Waals surface area contributed by atoms with Crippen molar-refractivity contribution in [2.24, 2.45) is 0 Å². The fourth-order valence-corrected chi connectivity index (χ4v) is 5.01. The number of pyridine rings is 1. The Labute approximate surface area is 202 Å². The Kier molecular flexibility index (Phi) is 5.68. The second kappa shape index (κ2) is 8.78. The summed E-state index contributed by atoms with van der Waals surface area (Å²) in [5, 5.41) is 6.30. The number of hydrogen-bond acceptors (Lipinski definition) is 3. The van der Waals surface area contributed by atoms with Crippen molar-refractivity contribution in [3.8, 4) is 34.0 Å². The van der Waals surface area contributed by atoms with E-state index in [1.807, 2.05) is 35.7 Å². The first-order valence-corrected chi connectivity index (χ1v) is 11.9. The number of terminal acetylenes is 1. The first-order valence-electron chi connectivity index (χ1n) is 10.7. The second-order valence-corrected chi connectivity index (χ2v) is 9.33. The van der Waals surface area contributed by atoms with Crippen LogP contribution in [0.1, 0.15) is 22.4 Å². The summed E-state index contributed by atoms with van der Waals surface area (Å²) in [4.78, 5) is 5.90. The van der Waals surface area contributed by atoms with Crippen molar-refractivity contribution in [1.29, 1.82) is 0 Å². The van der Waals surface area contributed by atoms with E-state index >= 15 is 0 Å². The summed E-state index contributed by atoms with van der Waals surface area (Å²) in [6, 6.07) is 22.5. The molecule has 2 aliphatic rings. The van der Waals surface area contributed by atoms with Gasteiger partial charge in [0.05, 0.1) is 4.88 Å². The quantitative estimate of drug-likeness (QED) is 0.270. The summed E-state index contributed by atoms with van der Waals surface area (Å²) >= 11 is 7.94. The topological polar surface area (TPSA) is 29.3 Å². The van der Waals surface area contributed by atoms with Gasteiger partial charge in [0.15, 0.2) is 0 Å². The molecule has 0 spiro atoms. The van der Waals surface area contributed by atoms with Gasteiger partial charge in [-0.15, -0.1) is 17.8 Å². The molecule has 6 rings (SSSR count). The number of imidazole rings is 1. The van der Waals surface area contributed by atoms with Crippen molar-refractivity contribution < 1.29 is 0 Å². The minimum absolute atomic E-state index is 0.602. The zero-order valence-corrected chi connectivity index (χ0v) is 20.0. The number of rotatable bonds is 4. The molecule has 0 bridgehead atoms. The highest BCUT2D eigenvalue weighted by atomic mass is 35.5. The van der Waals surface area contributed by atoms with E-state index in [-0.39, 0.29) is 0 Å². The molecule has 0 unspecified atom stereocenters. The number of fused-ring (bicyclic) bond motifs is 2. The van der Waals surface area contributed by atoms with Gasteiger partial charge in [-0.3, -0.25) is 4.40 Å². The smallest absolute Gasteiger partial charge is 0.140 e. The van der Waals surface area contributed by atoms with Crippen LogP contribution in [0.25, 0.3) is 27.3 Å². The van der Waals surface area contributed by atoms with Gasteiger partial charge in [0, 0.05) is 22.8 Å². The minimum Gasteiger partial charge on any atom is -0.365 e. The zero-order chi connectivity index (χ0) is 22.9. The van der Waals surface area contributed by atoms with Gasteiger partial charge in [-0.2, -0.15) is 0 Å². The lowest BCUT2D eigenvalue weighted by Crippen LogP contribution is -2.05. The van der Waals surface area contributed by atoms with E-state index in [1.54, 1.807) is 11.3 Å². The van der Waals surface area contributed by atoms with E-state index in [2.05, 4.69) is 65.9 Å². The summed E-state index contributed by atoms with van der Waals surface area (Å²) < 4.78 is 2.14. The molecule has 0 amide bonds. The molecule has 162 valence electrons. The van der Waals surface area contributed by atoms with Crippen molar-refractivity contribution in [1.82, 2.24) is 9.38 Å². The maximum absolute atomic E-state index is 6.33. The molecule has 0 saturated heterocycles. The number of anilines is 1. The summed E-state index contributed by atoms with van der Waals surface area (Å²) in [5.41, 5.74) is 8.82. The van der Waals surface area contributed by atoms with Crippen LogP contribution >= 0.6 is 22.9 Å². The molecule has 0 aliphatic heterocycles. The van der Waals surface area contributed by atoms with Gasteiger partial charge in [0.2, 0.25) is 0 Å². The average molecular weight is 468 g/mol. The van der Waals surface area contributed by atoms with E-state index in [0.29, 0.717) is 6.54 Å². The summed E-state index contributed by atoms with van der Waals surface area (Å²) in [5.74, 6) is 3.70. The molecule has 3 heterocycles. The predicted molar refractivity (Wildman–Crippen MR) is 140 cm³/mol. The largest absolute Gasteiger partial charge is 0.365 e. The lowest BCUT2D eigenvalue weighted by atomic mass is 10.2. The molecule has 3 nitrogen and oxygen atoms in total. The van der Waals surface area contributed by atoms with Gasteiger partial charge in [-0.1, -0.05) is 53.9 Å². The van der Waals surface area contributed by atoms with Crippen molar-refractivity contribution in [2.45, 2.75) is 20.4 Å². The van der Waals surface area contributed by atoms with Crippen LogP contribution in [0.2, 0.25) is 5.02 Å². The number of thiophene rings is 1. The molecule has 0 atom stereocenters. The third-order valence-electron chi connectivity index (χ3n) is 5.60. The van der Waals surface area contributed by atoms with Gasteiger partial charge in [-0.05, 0) is 71.8 Å². The van der Waals surface area contributed by atoms with E-state index in [4.69, 9.17) is 23.0 Å². The van der Waals surface area contributed by atoms with Crippen LogP contribution in [0.3, 0.4) is 0 Å². The van der Waals surface area contributed by atoms with Gasteiger partial charge < -0.3 is 5.32 Å². The highest BCUT2D eigenvalue weighted by Gasteiger charge is 2.19. The first-order chi connectivity index (χ1) is 16.0. The Morgan fingerprint density at radius 3 is 2.48 bits per heavy atom. The van der Waals surface area contributed by atoms with Crippen LogP contribution < -0.4 is 5.32 Å². The van der Waals surface area contributed by atoms with Crippen LogP contribution in [-0.4, -0.2) is 9.38 Å². The molecular weight excluding hydrogens is 446 g/mol.